The van der Waals surface area contributed by atoms with E-state index >= 15 is 14.4 Å². The molecular weight excluding hydrogens is 1020 g/mol. The molecule has 0 fully saturated rings. The van der Waals surface area contributed by atoms with Gasteiger partial charge in [0.2, 0.25) is 0 Å². The molecule has 7 heteroatoms. The number of hydrogen-bond donors (Lipinski definition) is 0. The van der Waals surface area contributed by atoms with Gasteiger partial charge in [0, 0.05) is 0 Å². The number of benzene rings is 9. The summed E-state index contributed by atoms with van der Waals surface area (Å²) in [6, 6.07) is 89.3. The van der Waals surface area contributed by atoms with Gasteiger partial charge in [-0.15, -0.1) is 0 Å². The Balaban J connectivity index is 1.20. The second-order valence-electron chi connectivity index (χ2n) is 18.7. The molecule has 0 amide bonds. The first-order valence-corrected chi connectivity index (χ1v) is 31.0. The third-order valence-electron chi connectivity index (χ3n) is 14.3. The monoisotopic (exact) mass is 1080 g/mol. The van der Waals surface area contributed by atoms with Gasteiger partial charge in [0.25, 0.3) is 0 Å². The Morgan fingerprint density at radius 2 is 0.459 bits per heavy atom. The van der Waals surface area contributed by atoms with Crippen molar-refractivity contribution in [3.63, 3.8) is 0 Å². The molecule has 9 rings (SSSR count). The zero-order valence-electron chi connectivity index (χ0n) is 41.7. The zero-order valence-corrected chi connectivity index (χ0v) is 44.5. The molecule has 0 aliphatic rings. The van der Waals surface area contributed by atoms with Crippen molar-refractivity contribution in [1.82, 2.24) is 0 Å². The summed E-state index contributed by atoms with van der Waals surface area (Å²) in [6.07, 6.45) is 0.559. The van der Waals surface area contributed by atoms with Gasteiger partial charge in [0.15, 0.2) is 0 Å². The molecule has 0 bridgehead atoms. The molecule has 0 saturated carbocycles. The van der Waals surface area contributed by atoms with Gasteiger partial charge in [-0.1, -0.05) is 0 Å². The molecule has 6 nitrogen and oxygen atoms in total. The number of unbranched alkanes of at least 4 members (excludes halogenated alkanes) is 1. The summed E-state index contributed by atoms with van der Waals surface area (Å²) in [5.41, 5.74) is 4.67. The summed E-state index contributed by atoms with van der Waals surface area (Å²) in [5, 5.41) is 0. The van der Waals surface area contributed by atoms with E-state index in [1.54, 1.807) is 0 Å². The molecular formula is C67H60O6Sn. The number of rotatable bonds is 21. The average molecular weight is 1080 g/mol. The van der Waals surface area contributed by atoms with Crippen LogP contribution in [0.2, 0.25) is 4.44 Å². The minimum absolute atomic E-state index is 0.0768. The van der Waals surface area contributed by atoms with Gasteiger partial charge in [-0.25, -0.2) is 0 Å². The Labute approximate surface area is 441 Å². The molecule has 0 unspecified atom stereocenters. The van der Waals surface area contributed by atoms with Crippen molar-refractivity contribution in [2.24, 2.45) is 0 Å². The summed E-state index contributed by atoms with van der Waals surface area (Å²) in [5.74, 6) is -1.93. The Kier molecular flexibility index (Phi) is 16.4. The van der Waals surface area contributed by atoms with Gasteiger partial charge < -0.3 is 0 Å². The molecule has 74 heavy (non-hydrogen) atoms. The molecule has 0 spiro atoms. The molecule has 0 aromatic heterocycles. The molecule has 9 aromatic rings. The van der Waals surface area contributed by atoms with Crippen LogP contribution in [0.25, 0.3) is 0 Å². The van der Waals surface area contributed by atoms with E-state index in [9.17, 15) is 0 Å². The molecule has 9 aromatic carbocycles. The first-order chi connectivity index (χ1) is 36.3. The van der Waals surface area contributed by atoms with Crippen LogP contribution < -0.4 is 0 Å². The fourth-order valence-electron chi connectivity index (χ4n) is 10.8. The van der Waals surface area contributed by atoms with Crippen LogP contribution in [0.1, 0.15) is 89.1 Å². The van der Waals surface area contributed by atoms with E-state index in [1.165, 1.54) is 0 Å². The molecule has 0 heterocycles. The van der Waals surface area contributed by atoms with Crippen LogP contribution in [-0.2, 0) is 39.9 Å². The normalized spacial score (nSPS) is 11.8. The molecule has 0 radical (unpaired) electrons. The third kappa shape index (κ3) is 10.9. The van der Waals surface area contributed by atoms with Crippen molar-refractivity contribution in [2.75, 3.05) is 0 Å². The van der Waals surface area contributed by atoms with Crippen molar-refractivity contribution in [2.45, 2.75) is 59.7 Å². The maximum absolute atomic E-state index is 15.7. The Morgan fingerprint density at radius 1 is 0.297 bits per heavy atom. The molecule has 368 valence electrons. The van der Waals surface area contributed by atoms with Crippen molar-refractivity contribution in [3.8, 4) is 0 Å². The van der Waals surface area contributed by atoms with Gasteiger partial charge in [0.05, 0.1) is 0 Å². The van der Waals surface area contributed by atoms with Crippen LogP contribution in [0.4, 0.5) is 0 Å². The maximum atomic E-state index is 15.7. The van der Waals surface area contributed by atoms with Crippen molar-refractivity contribution in [1.29, 1.82) is 0 Å². The molecule has 0 atom stereocenters. The first-order valence-electron chi connectivity index (χ1n) is 25.5. The standard InChI is InChI=1S/3C21H18O2.C4H9.Sn/c3*22-20(23)16-21(17-10-4-1-5-11-17,18-12-6-2-7-13-18)19-14-8-3-9-15-19;1-3-4-2;/h3*1-15H,16H2,(H,22,23);1,3-4H2,2H3;/q;;;;+3/p-3. The van der Waals surface area contributed by atoms with Crippen LogP contribution in [0.3, 0.4) is 0 Å². The van der Waals surface area contributed by atoms with E-state index in [-0.39, 0.29) is 23.7 Å². The summed E-state index contributed by atoms with van der Waals surface area (Å²) < 4.78 is 20.9. The summed E-state index contributed by atoms with van der Waals surface area (Å²) in [6.45, 7) is 2.02. The first kappa shape index (κ1) is 51.1. The Morgan fingerprint density at radius 3 is 0.608 bits per heavy atom. The summed E-state index contributed by atoms with van der Waals surface area (Å²) in [4.78, 5) is 47.0. The van der Waals surface area contributed by atoms with Crippen molar-refractivity contribution >= 4 is 37.5 Å². The van der Waals surface area contributed by atoms with E-state index in [2.05, 4.69) is 0 Å². The van der Waals surface area contributed by atoms with Crippen LogP contribution in [0.5, 0.6) is 0 Å². The fourth-order valence-corrected chi connectivity index (χ4v) is 17.9. The molecule has 0 aliphatic heterocycles. The van der Waals surface area contributed by atoms with Gasteiger partial charge in [-0.2, -0.15) is 0 Å². The summed E-state index contributed by atoms with van der Waals surface area (Å²) >= 11 is -5.91. The van der Waals surface area contributed by atoms with Crippen LogP contribution in [0.15, 0.2) is 273 Å². The number of carbonyl (C=O) groups is 3. The SMILES string of the molecule is CCC[CH2][Sn]([O]C(=O)CC(c1ccccc1)(c1ccccc1)c1ccccc1)([O]C(=O)CC(c1ccccc1)(c1ccccc1)c1ccccc1)[O]C(=O)CC(c1ccccc1)(c1ccccc1)c1ccccc1. The van der Waals surface area contributed by atoms with Crippen LogP contribution in [-0.4, -0.2) is 37.5 Å². The minimum atomic E-state index is -5.91. The Hall–Kier alpha value is -7.81. The van der Waals surface area contributed by atoms with E-state index in [0.29, 0.717) is 12.8 Å². The number of hydrogen-bond acceptors (Lipinski definition) is 6. The van der Waals surface area contributed by atoms with Crippen LogP contribution >= 0.6 is 0 Å². The van der Waals surface area contributed by atoms with E-state index in [4.69, 9.17) is 9.22 Å². The van der Waals surface area contributed by atoms with Crippen molar-refractivity contribution < 1.29 is 23.6 Å². The van der Waals surface area contributed by atoms with Gasteiger partial charge in [0.1, 0.15) is 0 Å². The van der Waals surface area contributed by atoms with E-state index in [0.717, 1.165) is 50.1 Å². The van der Waals surface area contributed by atoms with E-state index in [1.807, 2.05) is 280 Å². The number of carbonyl (C=O) groups excluding carboxylic acids is 3. The van der Waals surface area contributed by atoms with Gasteiger partial charge in [-0.3, -0.25) is 0 Å². The second-order valence-corrected chi connectivity index (χ2v) is 25.8. The van der Waals surface area contributed by atoms with Gasteiger partial charge >= 0.3 is 444 Å². The zero-order chi connectivity index (χ0) is 51.1. The van der Waals surface area contributed by atoms with Crippen LogP contribution in [0, 0.1) is 0 Å². The fraction of sp³-hybridized carbons (Fsp3) is 0.149. The molecule has 0 aliphatic carbocycles. The molecule has 0 saturated heterocycles. The third-order valence-corrected chi connectivity index (χ3v) is 21.6. The average Bonchev–Trinajstić information content (AvgIpc) is 3.47. The predicted molar refractivity (Wildman–Crippen MR) is 295 cm³/mol. The molecule has 0 N–H and O–H groups in total. The van der Waals surface area contributed by atoms with Crippen molar-refractivity contribution in [3.05, 3.63) is 323 Å². The second kappa shape index (κ2) is 23.8. The quantitative estimate of drug-likeness (QED) is 0.0527. The predicted octanol–water partition coefficient (Wildman–Crippen LogP) is 14.6. The van der Waals surface area contributed by atoms with E-state index < -0.39 is 53.8 Å². The topological polar surface area (TPSA) is 78.9 Å². The van der Waals surface area contributed by atoms with Gasteiger partial charge in [-0.05, 0) is 0 Å². The summed E-state index contributed by atoms with van der Waals surface area (Å²) in [7, 11) is 0. The Bertz CT molecular complexity index is 2550.